The van der Waals surface area contributed by atoms with Crippen molar-refractivity contribution in [2.75, 3.05) is 13.1 Å². The van der Waals surface area contributed by atoms with E-state index < -0.39 is 11.9 Å². The predicted octanol–water partition coefficient (Wildman–Crippen LogP) is 0.733. The molecule has 8 heteroatoms. The van der Waals surface area contributed by atoms with Crippen molar-refractivity contribution in [3.05, 3.63) is 53.2 Å². The fourth-order valence-corrected chi connectivity index (χ4v) is 2.30. The number of aromatic nitrogens is 1. The zero-order valence-corrected chi connectivity index (χ0v) is 12.7. The van der Waals surface area contributed by atoms with Gasteiger partial charge in [-0.1, -0.05) is 18.2 Å². The molecule has 0 spiro atoms. The van der Waals surface area contributed by atoms with Crippen LogP contribution in [0.3, 0.4) is 0 Å². The highest BCUT2D eigenvalue weighted by molar-refractivity contribution is 5.91. The number of aldehydes is 1. The van der Waals surface area contributed by atoms with E-state index in [1.807, 2.05) is 6.07 Å². The van der Waals surface area contributed by atoms with E-state index in [9.17, 15) is 14.4 Å². The van der Waals surface area contributed by atoms with Gasteiger partial charge in [-0.15, -0.1) is 5.06 Å². The van der Waals surface area contributed by atoms with Crippen LogP contribution in [0.5, 0.6) is 0 Å². The Morgan fingerprint density at radius 2 is 2.12 bits per heavy atom. The lowest BCUT2D eigenvalue weighted by Gasteiger charge is -2.23. The van der Waals surface area contributed by atoms with Gasteiger partial charge in [-0.2, -0.15) is 0 Å². The van der Waals surface area contributed by atoms with Gasteiger partial charge in [0.25, 0.3) is 5.89 Å². The number of rotatable bonds is 5. The van der Waals surface area contributed by atoms with Crippen molar-refractivity contribution < 1.29 is 23.6 Å². The molecule has 2 aromatic rings. The van der Waals surface area contributed by atoms with Gasteiger partial charge in [0.05, 0.1) is 18.7 Å². The molecule has 0 saturated heterocycles. The number of hydroxylamine groups is 2. The van der Waals surface area contributed by atoms with Gasteiger partial charge in [0.2, 0.25) is 0 Å². The van der Waals surface area contributed by atoms with Gasteiger partial charge in [-0.3, -0.25) is 4.79 Å². The van der Waals surface area contributed by atoms with Crippen LogP contribution in [0, 0.1) is 0 Å². The highest BCUT2D eigenvalue weighted by Crippen LogP contribution is 2.20. The average molecular weight is 329 g/mol. The van der Waals surface area contributed by atoms with Crippen molar-refractivity contribution in [1.82, 2.24) is 15.4 Å². The Morgan fingerprint density at radius 3 is 2.88 bits per heavy atom. The summed E-state index contributed by atoms with van der Waals surface area (Å²) < 4.78 is 5.40. The van der Waals surface area contributed by atoms with E-state index in [1.165, 1.54) is 5.06 Å². The largest absolute Gasteiger partial charge is 0.437 e. The van der Waals surface area contributed by atoms with Crippen LogP contribution in [0.2, 0.25) is 0 Å². The highest BCUT2D eigenvalue weighted by Gasteiger charge is 2.27. The normalized spacial score (nSPS) is 13.8. The molecule has 3 rings (SSSR count). The Bertz CT molecular complexity index is 756. The molecule has 1 aliphatic heterocycles. The minimum atomic E-state index is -0.552. The quantitative estimate of drug-likeness (QED) is 0.807. The molecule has 0 fully saturated rings. The van der Waals surface area contributed by atoms with E-state index in [4.69, 9.17) is 9.25 Å². The zero-order valence-electron chi connectivity index (χ0n) is 12.7. The van der Waals surface area contributed by atoms with E-state index >= 15 is 0 Å². The maximum absolute atomic E-state index is 12.1. The van der Waals surface area contributed by atoms with E-state index in [2.05, 4.69) is 10.3 Å². The Labute approximate surface area is 137 Å². The second-order valence-electron chi connectivity index (χ2n) is 5.12. The second kappa shape index (κ2) is 7.05. The van der Waals surface area contributed by atoms with Crippen molar-refractivity contribution in [3.8, 4) is 0 Å². The second-order valence-corrected chi connectivity index (χ2v) is 5.12. The number of nitrogens with zero attached hydrogens (tertiary/aromatic N) is 2. The summed E-state index contributed by atoms with van der Waals surface area (Å²) >= 11 is 0. The van der Waals surface area contributed by atoms with Gasteiger partial charge in [0.15, 0.2) is 0 Å². The van der Waals surface area contributed by atoms with Crippen molar-refractivity contribution >= 4 is 18.2 Å². The summed E-state index contributed by atoms with van der Waals surface area (Å²) in [5.41, 5.74) is 0.996. The average Bonchev–Trinajstić information content (AvgIpc) is 3.04. The van der Waals surface area contributed by atoms with Crippen molar-refractivity contribution in [1.29, 1.82) is 0 Å². The summed E-state index contributed by atoms with van der Waals surface area (Å²) in [5, 5.41) is 3.84. The summed E-state index contributed by atoms with van der Waals surface area (Å²) in [7, 11) is 0. The maximum atomic E-state index is 12.1. The van der Waals surface area contributed by atoms with Crippen LogP contribution in [-0.2, 0) is 22.6 Å². The minimum absolute atomic E-state index is 0.0990. The van der Waals surface area contributed by atoms with E-state index in [0.717, 1.165) is 0 Å². The lowest BCUT2D eigenvalue weighted by atomic mass is 10.2. The lowest BCUT2D eigenvalue weighted by Crippen LogP contribution is -2.32. The van der Waals surface area contributed by atoms with Gasteiger partial charge in [0.1, 0.15) is 17.7 Å². The first-order chi connectivity index (χ1) is 11.7. The lowest BCUT2D eigenvalue weighted by molar-refractivity contribution is -0.121. The third-order valence-corrected chi connectivity index (χ3v) is 3.45. The molecule has 1 amide bonds. The van der Waals surface area contributed by atoms with Crippen LogP contribution in [0.25, 0.3) is 0 Å². The first kappa shape index (κ1) is 15.9. The fraction of sp³-hybridized carbons (Fsp3) is 0.250. The smallest absolute Gasteiger partial charge is 0.357 e. The fourth-order valence-electron chi connectivity index (χ4n) is 2.30. The molecule has 124 valence electrons. The summed E-state index contributed by atoms with van der Waals surface area (Å²) in [6, 6.07) is 8.67. The van der Waals surface area contributed by atoms with Crippen LogP contribution in [0.1, 0.15) is 32.5 Å². The number of benzene rings is 1. The van der Waals surface area contributed by atoms with Crippen LogP contribution < -0.4 is 5.32 Å². The van der Waals surface area contributed by atoms with Crippen LogP contribution in [-0.4, -0.2) is 41.3 Å². The van der Waals surface area contributed by atoms with Gasteiger partial charge in [-0.25, -0.2) is 9.78 Å². The molecule has 1 aromatic heterocycles. The molecule has 1 aliphatic rings. The first-order valence-electron chi connectivity index (χ1n) is 7.40. The Kier molecular flexibility index (Phi) is 4.66. The molecular weight excluding hydrogens is 314 g/mol. The summed E-state index contributed by atoms with van der Waals surface area (Å²) in [4.78, 5) is 43.5. The monoisotopic (exact) mass is 329 g/mol. The topological polar surface area (TPSA) is 102 Å². The number of hydrogen-bond acceptors (Lipinski definition) is 7. The van der Waals surface area contributed by atoms with Gasteiger partial charge in [-0.05, 0) is 12.1 Å². The minimum Gasteiger partial charge on any atom is -0.437 e. The zero-order chi connectivity index (χ0) is 16.9. The van der Waals surface area contributed by atoms with Gasteiger partial charge >= 0.3 is 11.9 Å². The number of carbonyl (C=O) groups excluding carboxylic acids is 3. The van der Waals surface area contributed by atoms with Crippen LogP contribution in [0.4, 0.5) is 0 Å². The molecule has 8 nitrogen and oxygen atoms in total. The predicted molar refractivity (Wildman–Crippen MR) is 80.9 cm³/mol. The molecule has 1 N–H and O–H groups in total. The van der Waals surface area contributed by atoms with E-state index in [0.29, 0.717) is 36.3 Å². The third kappa shape index (κ3) is 3.49. The molecule has 0 bridgehead atoms. The number of nitrogens with one attached hydrogen (secondary N) is 1. The highest BCUT2D eigenvalue weighted by atomic mass is 16.7. The number of amides is 1. The number of oxazole rings is 1. The van der Waals surface area contributed by atoms with E-state index in [1.54, 1.807) is 24.3 Å². The summed E-state index contributed by atoms with van der Waals surface area (Å²) in [6.07, 6.45) is 1.04. The molecule has 1 aromatic carbocycles. The van der Waals surface area contributed by atoms with Crippen molar-refractivity contribution in [2.45, 2.75) is 13.0 Å². The molecule has 0 atom stereocenters. The number of hydrogen-bond donors (Lipinski definition) is 1. The van der Waals surface area contributed by atoms with Crippen LogP contribution >= 0.6 is 0 Å². The standard InChI is InChI=1S/C16H15N3O5/c20-9-7-17-14(21)15-18-12-10-19(8-6-13(12)23-15)24-16(22)11-4-2-1-3-5-11/h1-5,9H,6-8,10H2,(H,17,21). The number of fused-ring (bicyclic) bond motifs is 1. The Balaban J connectivity index is 1.64. The molecule has 0 radical (unpaired) electrons. The molecule has 24 heavy (non-hydrogen) atoms. The molecule has 0 unspecified atom stereocenters. The summed E-state index contributed by atoms with van der Waals surface area (Å²) in [5.74, 6) is -0.521. The van der Waals surface area contributed by atoms with Crippen molar-refractivity contribution in [2.24, 2.45) is 0 Å². The van der Waals surface area contributed by atoms with Crippen molar-refractivity contribution in [3.63, 3.8) is 0 Å². The molecule has 0 saturated carbocycles. The number of carbonyl (C=O) groups is 3. The molecule has 2 heterocycles. The van der Waals surface area contributed by atoms with Crippen LogP contribution in [0.15, 0.2) is 34.7 Å². The van der Waals surface area contributed by atoms with Gasteiger partial charge in [0, 0.05) is 13.0 Å². The maximum Gasteiger partial charge on any atom is 0.357 e. The third-order valence-electron chi connectivity index (χ3n) is 3.45. The SMILES string of the molecule is O=CCNC(=O)c1nc2c(o1)CCN(OC(=O)c1ccccc1)C2. The molecule has 0 aliphatic carbocycles. The Hall–Kier alpha value is -3.00. The summed E-state index contributed by atoms with van der Waals surface area (Å²) in [6.45, 7) is 0.571. The van der Waals surface area contributed by atoms with Gasteiger partial charge < -0.3 is 19.4 Å². The molecular formula is C16H15N3O5. The Morgan fingerprint density at radius 1 is 1.33 bits per heavy atom. The van der Waals surface area contributed by atoms with E-state index in [-0.39, 0.29) is 19.0 Å². The first-order valence-corrected chi connectivity index (χ1v) is 7.40.